The van der Waals surface area contributed by atoms with Gasteiger partial charge in [0.1, 0.15) is 5.82 Å². The molecular formula is C15H15F3N2OS. The van der Waals surface area contributed by atoms with Gasteiger partial charge in [0.15, 0.2) is 17.5 Å². The van der Waals surface area contributed by atoms with Gasteiger partial charge in [-0.3, -0.25) is 0 Å². The topological polar surface area (TPSA) is 45.2 Å². The number of hydrogen-bond donors (Lipinski definition) is 2. The van der Waals surface area contributed by atoms with Crippen LogP contribution in [0.25, 0.3) is 0 Å². The summed E-state index contributed by atoms with van der Waals surface area (Å²) in [6.45, 7) is 0.261. The lowest BCUT2D eigenvalue weighted by molar-refractivity contribution is 0.322. The number of benzene rings is 1. The highest BCUT2D eigenvalue weighted by molar-refractivity contribution is 7.98. The second-order valence-corrected chi connectivity index (χ2v) is 5.66. The van der Waals surface area contributed by atoms with Gasteiger partial charge < -0.3 is 10.4 Å². The molecule has 0 aliphatic carbocycles. The van der Waals surface area contributed by atoms with E-state index < -0.39 is 17.5 Å². The number of thioether (sulfide) groups is 1. The molecule has 1 aromatic heterocycles. The number of nitrogens with one attached hydrogen (secondary N) is 1. The maximum absolute atomic E-state index is 13.1. The van der Waals surface area contributed by atoms with Crippen LogP contribution in [0.15, 0.2) is 30.5 Å². The zero-order valence-electron chi connectivity index (χ0n) is 11.7. The Bertz CT molecular complexity index is 617. The third kappa shape index (κ3) is 4.64. The van der Waals surface area contributed by atoms with E-state index in [1.807, 2.05) is 12.1 Å². The number of aromatic nitrogens is 1. The first kappa shape index (κ1) is 16.6. The molecule has 0 saturated heterocycles. The first-order valence-electron chi connectivity index (χ1n) is 6.61. The average Bonchev–Trinajstić information content (AvgIpc) is 2.51. The number of aliphatic hydroxyl groups excluding tert-OH is 1. The van der Waals surface area contributed by atoms with Crippen molar-refractivity contribution in [3.63, 3.8) is 0 Å². The molecule has 0 spiro atoms. The molecule has 1 heterocycles. The molecule has 0 unspecified atom stereocenters. The highest BCUT2D eigenvalue weighted by atomic mass is 32.2. The van der Waals surface area contributed by atoms with E-state index in [1.54, 1.807) is 18.0 Å². The first-order valence-corrected chi connectivity index (χ1v) is 7.76. The van der Waals surface area contributed by atoms with Gasteiger partial charge in [-0.2, -0.15) is 11.8 Å². The summed E-state index contributed by atoms with van der Waals surface area (Å²) in [6.07, 6.45) is 1.63. The molecule has 118 valence electrons. The maximum atomic E-state index is 13.1. The third-order valence-corrected chi connectivity index (χ3v) is 3.85. The number of aliphatic hydroxyl groups is 1. The summed E-state index contributed by atoms with van der Waals surface area (Å²) < 4.78 is 39.1. The number of rotatable bonds is 7. The van der Waals surface area contributed by atoms with Gasteiger partial charge in [-0.05, 0) is 35.4 Å². The number of pyridine rings is 1. The van der Waals surface area contributed by atoms with E-state index in [9.17, 15) is 13.2 Å². The Morgan fingerprint density at radius 3 is 2.50 bits per heavy atom. The zero-order chi connectivity index (χ0) is 15.9. The van der Waals surface area contributed by atoms with Crippen molar-refractivity contribution in [2.45, 2.75) is 12.3 Å². The van der Waals surface area contributed by atoms with E-state index in [0.717, 1.165) is 23.4 Å². The molecule has 0 fully saturated rings. The van der Waals surface area contributed by atoms with Gasteiger partial charge in [-0.25, -0.2) is 18.2 Å². The molecule has 0 radical (unpaired) electrons. The zero-order valence-corrected chi connectivity index (χ0v) is 12.5. The molecule has 2 N–H and O–H groups in total. The Hall–Kier alpha value is -1.73. The maximum Gasteiger partial charge on any atom is 0.194 e. The number of hydrogen-bond acceptors (Lipinski definition) is 4. The number of halogens is 3. The minimum atomic E-state index is -1.47. The molecule has 22 heavy (non-hydrogen) atoms. The van der Waals surface area contributed by atoms with Gasteiger partial charge in [-0.1, -0.05) is 0 Å². The van der Waals surface area contributed by atoms with Crippen molar-refractivity contribution in [3.05, 3.63) is 59.0 Å². The number of anilines is 1. The van der Waals surface area contributed by atoms with Crippen LogP contribution in [0.2, 0.25) is 0 Å². The van der Waals surface area contributed by atoms with E-state index in [0.29, 0.717) is 17.1 Å². The standard InChI is InChI=1S/C15H15F3N2OS/c16-12-5-11(6-13(17)15(12)18)8-20-14-7-10(1-2-19-14)9-22-4-3-21/h1-2,5-7,21H,3-4,8-9H2,(H,19,20). The Morgan fingerprint density at radius 1 is 1.09 bits per heavy atom. The van der Waals surface area contributed by atoms with Gasteiger partial charge in [0.2, 0.25) is 0 Å². The molecule has 2 aromatic rings. The van der Waals surface area contributed by atoms with Crippen molar-refractivity contribution in [2.75, 3.05) is 17.7 Å². The summed E-state index contributed by atoms with van der Waals surface area (Å²) in [5.41, 5.74) is 1.31. The largest absolute Gasteiger partial charge is 0.396 e. The van der Waals surface area contributed by atoms with Crippen LogP contribution in [0.3, 0.4) is 0 Å². The van der Waals surface area contributed by atoms with E-state index >= 15 is 0 Å². The molecule has 2 rings (SSSR count). The van der Waals surface area contributed by atoms with Gasteiger partial charge in [-0.15, -0.1) is 0 Å². The van der Waals surface area contributed by atoms with Crippen LogP contribution in [-0.2, 0) is 12.3 Å². The summed E-state index contributed by atoms with van der Waals surface area (Å²) in [4.78, 5) is 4.11. The Labute approximate surface area is 130 Å². The highest BCUT2D eigenvalue weighted by Crippen LogP contribution is 2.17. The van der Waals surface area contributed by atoms with Crippen LogP contribution >= 0.6 is 11.8 Å². The summed E-state index contributed by atoms with van der Waals surface area (Å²) in [6, 6.07) is 5.58. The first-order chi connectivity index (χ1) is 10.6. The van der Waals surface area contributed by atoms with Crippen LogP contribution in [-0.4, -0.2) is 22.5 Å². The van der Waals surface area contributed by atoms with Crippen LogP contribution in [0, 0.1) is 17.5 Å². The van der Waals surface area contributed by atoms with Crippen molar-refractivity contribution in [1.82, 2.24) is 4.98 Å². The van der Waals surface area contributed by atoms with Crippen molar-refractivity contribution < 1.29 is 18.3 Å². The van der Waals surface area contributed by atoms with E-state index in [4.69, 9.17) is 5.11 Å². The van der Waals surface area contributed by atoms with Gasteiger partial charge in [0.05, 0.1) is 6.61 Å². The molecule has 0 atom stereocenters. The lowest BCUT2D eigenvalue weighted by Gasteiger charge is -2.08. The van der Waals surface area contributed by atoms with Gasteiger partial charge >= 0.3 is 0 Å². The second kappa shape index (κ2) is 8.05. The molecule has 0 aliphatic rings. The summed E-state index contributed by atoms with van der Waals surface area (Å²) in [5, 5.41) is 11.7. The van der Waals surface area contributed by atoms with Crippen molar-refractivity contribution in [2.24, 2.45) is 0 Å². The van der Waals surface area contributed by atoms with Crippen molar-refractivity contribution in [1.29, 1.82) is 0 Å². The third-order valence-electron chi connectivity index (χ3n) is 2.85. The molecule has 0 amide bonds. The Morgan fingerprint density at radius 2 is 1.82 bits per heavy atom. The smallest absolute Gasteiger partial charge is 0.194 e. The number of nitrogens with zero attached hydrogens (tertiary/aromatic N) is 1. The Kier molecular flexibility index (Phi) is 6.09. The van der Waals surface area contributed by atoms with Crippen molar-refractivity contribution in [3.8, 4) is 0 Å². The van der Waals surface area contributed by atoms with E-state index in [1.165, 1.54) is 0 Å². The van der Waals surface area contributed by atoms with Crippen LogP contribution in [0.4, 0.5) is 19.0 Å². The summed E-state index contributed by atoms with van der Waals surface area (Å²) >= 11 is 1.59. The fourth-order valence-corrected chi connectivity index (χ4v) is 2.51. The molecule has 1 aromatic carbocycles. The molecular weight excluding hydrogens is 313 g/mol. The lowest BCUT2D eigenvalue weighted by Crippen LogP contribution is -2.04. The minimum Gasteiger partial charge on any atom is -0.396 e. The molecule has 7 heteroatoms. The summed E-state index contributed by atoms with van der Waals surface area (Å²) in [7, 11) is 0. The molecule has 0 aliphatic heterocycles. The lowest BCUT2D eigenvalue weighted by atomic mass is 10.2. The van der Waals surface area contributed by atoms with Crippen LogP contribution in [0.1, 0.15) is 11.1 Å². The second-order valence-electron chi connectivity index (χ2n) is 4.55. The van der Waals surface area contributed by atoms with Crippen molar-refractivity contribution >= 4 is 17.6 Å². The highest BCUT2D eigenvalue weighted by Gasteiger charge is 2.10. The minimum absolute atomic E-state index is 0.128. The molecule has 0 bridgehead atoms. The van der Waals surface area contributed by atoms with Gasteiger partial charge in [0.25, 0.3) is 0 Å². The van der Waals surface area contributed by atoms with Crippen LogP contribution < -0.4 is 5.32 Å². The predicted molar refractivity (Wildman–Crippen MR) is 81.1 cm³/mol. The normalized spacial score (nSPS) is 10.7. The average molecular weight is 328 g/mol. The summed E-state index contributed by atoms with van der Waals surface area (Å²) in [5.74, 6) is -1.94. The molecule has 3 nitrogen and oxygen atoms in total. The van der Waals surface area contributed by atoms with Gasteiger partial charge in [0, 0.05) is 24.2 Å². The fraction of sp³-hybridized carbons (Fsp3) is 0.267. The predicted octanol–water partition coefficient (Wildman–Crippen LogP) is 3.34. The quantitative estimate of drug-likeness (QED) is 0.604. The fourth-order valence-electron chi connectivity index (χ4n) is 1.82. The monoisotopic (exact) mass is 328 g/mol. The Balaban J connectivity index is 1.98. The van der Waals surface area contributed by atoms with E-state index in [2.05, 4.69) is 10.3 Å². The molecule has 0 saturated carbocycles. The van der Waals surface area contributed by atoms with E-state index in [-0.39, 0.29) is 13.2 Å². The van der Waals surface area contributed by atoms with Crippen LogP contribution in [0.5, 0.6) is 0 Å². The SMILES string of the molecule is OCCSCc1ccnc(NCc2cc(F)c(F)c(F)c2)c1.